The zero-order valence-electron chi connectivity index (χ0n) is 8.87. The van der Waals surface area contributed by atoms with Gasteiger partial charge in [0.05, 0.1) is 7.11 Å². The Hall–Kier alpha value is -1.94. The van der Waals surface area contributed by atoms with E-state index < -0.39 is 6.10 Å². The van der Waals surface area contributed by atoms with Crippen LogP contribution in [0.1, 0.15) is 17.2 Å². The summed E-state index contributed by atoms with van der Waals surface area (Å²) in [6, 6.07) is 7.25. The number of benzene rings is 1. The Morgan fingerprint density at radius 1 is 1.06 bits per heavy atom. The molecule has 0 radical (unpaired) electrons. The standard InChI is InChI=1S/C12H12N2O2/c1-16-11-4-2-9(3-5-11)12(15)10-6-13-8-14-7-10/h2-8,12,15H,1H3. The second-order valence-electron chi connectivity index (χ2n) is 3.35. The van der Waals surface area contributed by atoms with Crippen molar-refractivity contribution in [3.05, 3.63) is 54.1 Å². The fourth-order valence-electron chi connectivity index (χ4n) is 1.43. The van der Waals surface area contributed by atoms with Gasteiger partial charge in [-0.15, -0.1) is 0 Å². The van der Waals surface area contributed by atoms with E-state index in [9.17, 15) is 5.11 Å². The van der Waals surface area contributed by atoms with Crippen LogP contribution in [0.5, 0.6) is 5.75 Å². The quantitative estimate of drug-likeness (QED) is 0.846. The average Bonchev–Trinajstić information content (AvgIpc) is 2.39. The van der Waals surface area contributed by atoms with E-state index in [1.54, 1.807) is 19.5 Å². The molecule has 1 N–H and O–H groups in total. The fraction of sp³-hybridized carbons (Fsp3) is 0.167. The van der Waals surface area contributed by atoms with E-state index in [2.05, 4.69) is 9.97 Å². The van der Waals surface area contributed by atoms with E-state index in [-0.39, 0.29) is 0 Å². The minimum absolute atomic E-state index is 0.674. The summed E-state index contributed by atoms with van der Waals surface area (Å²) in [4.78, 5) is 7.74. The van der Waals surface area contributed by atoms with Crippen LogP contribution in [0.25, 0.3) is 0 Å². The zero-order valence-corrected chi connectivity index (χ0v) is 8.87. The summed E-state index contributed by atoms with van der Waals surface area (Å²) in [5, 5.41) is 10.0. The molecule has 2 aromatic rings. The lowest BCUT2D eigenvalue weighted by Crippen LogP contribution is -2.00. The summed E-state index contributed by atoms with van der Waals surface area (Å²) < 4.78 is 5.05. The van der Waals surface area contributed by atoms with Crippen molar-refractivity contribution in [2.45, 2.75) is 6.10 Å². The first kappa shape index (κ1) is 10.6. The van der Waals surface area contributed by atoms with E-state index in [4.69, 9.17) is 4.74 Å². The molecule has 0 aliphatic heterocycles. The highest BCUT2D eigenvalue weighted by molar-refractivity contribution is 5.32. The van der Waals surface area contributed by atoms with Gasteiger partial charge in [-0.25, -0.2) is 9.97 Å². The number of aliphatic hydroxyl groups is 1. The monoisotopic (exact) mass is 216 g/mol. The molecule has 0 saturated heterocycles. The lowest BCUT2D eigenvalue weighted by atomic mass is 10.0. The Morgan fingerprint density at radius 2 is 1.69 bits per heavy atom. The molecule has 1 heterocycles. The largest absolute Gasteiger partial charge is 0.497 e. The Morgan fingerprint density at radius 3 is 2.25 bits per heavy atom. The second-order valence-corrected chi connectivity index (χ2v) is 3.35. The lowest BCUT2D eigenvalue weighted by Gasteiger charge is -2.10. The number of aromatic nitrogens is 2. The molecule has 0 aliphatic rings. The molecule has 4 heteroatoms. The van der Waals surface area contributed by atoms with Gasteiger partial charge in [0.1, 0.15) is 18.2 Å². The third-order valence-corrected chi connectivity index (χ3v) is 2.33. The van der Waals surface area contributed by atoms with Gasteiger partial charge in [0, 0.05) is 18.0 Å². The van der Waals surface area contributed by atoms with E-state index in [0.29, 0.717) is 5.56 Å². The predicted molar refractivity (Wildman–Crippen MR) is 59.1 cm³/mol. The minimum atomic E-state index is -0.702. The van der Waals surface area contributed by atoms with E-state index in [1.165, 1.54) is 6.33 Å². The Kier molecular flexibility index (Phi) is 3.12. The van der Waals surface area contributed by atoms with Gasteiger partial charge in [-0.2, -0.15) is 0 Å². The van der Waals surface area contributed by atoms with Crippen LogP contribution < -0.4 is 4.74 Å². The summed E-state index contributed by atoms with van der Waals surface area (Å²) in [6.07, 6.45) is 3.93. The van der Waals surface area contributed by atoms with Crippen LogP contribution in [0.2, 0.25) is 0 Å². The molecule has 0 amide bonds. The first-order chi connectivity index (χ1) is 7.81. The SMILES string of the molecule is COc1ccc(C(O)c2cncnc2)cc1. The highest BCUT2D eigenvalue weighted by atomic mass is 16.5. The average molecular weight is 216 g/mol. The molecule has 1 atom stereocenters. The number of ether oxygens (including phenoxy) is 1. The smallest absolute Gasteiger partial charge is 0.118 e. The van der Waals surface area contributed by atoms with E-state index in [1.807, 2.05) is 24.3 Å². The van der Waals surface area contributed by atoms with Crippen LogP contribution in [0.4, 0.5) is 0 Å². The summed E-state index contributed by atoms with van der Waals surface area (Å²) >= 11 is 0. The van der Waals surface area contributed by atoms with Crippen molar-refractivity contribution < 1.29 is 9.84 Å². The summed E-state index contributed by atoms with van der Waals surface area (Å²) in [6.45, 7) is 0. The second kappa shape index (κ2) is 4.72. The van der Waals surface area contributed by atoms with Crippen molar-refractivity contribution >= 4 is 0 Å². The topological polar surface area (TPSA) is 55.2 Å². The molecular formula is C12H12N2O2. The van der Waals surface area contributed by atoms with Crippen LogP contribution >= 0.6 is 0 Å². The van der Waals surface area contributed by atoms with E-state index >= 15 is 0 Å². The van der Waals surface area contributed by atoms with Gasteiger partial charge in [0.15, 0.2) is 0 Å². The third kappa shape index (κ3) is 2.17. The highest BCUT2D eigenvalue weighted by Crippen LogP contribution is 2.22. The number of rotatable bonds is 3. The Labute approximate surface area is 93.6 Å². The molecule has 1 aromatic heterocycles. The summed E-state index contributed by atoms with van der Waals surface area (Å²) in [7, 11) is 1.61. The molecule has 0 aliphatic carbocycles. The maximum atomic E-state index is 10.0. The van der Waals surface area contributed by atoms with Gasteiger partial charge in [-0.05, 0) is 17.7 Å². The molecule has 4 nitrogen and oxygen atoms in total. The normalized spacial score (nSPS) is 12.1. The summed E-state index contributed by atoms with van der Waals surface area (Å²) in [5.41, 5.74) is 1.46. The van der Waals surface area contributed by atoms with Gasteiger partial charge >= 0.3 is 0 Å². The Balaban J connectivity index is 2.24. The van der Waals surface area contributed by atoms with Crippen molar-refractivity contribution in [1.29, 1.82) is 0 Å². The van der Waals surface area contributed by atoms with Gasteiger partial charge in [0.2, 0.25) is 0 Å². The number of nitrogens with zero attached hydrogens (tertiary/aromatic N) is 2. The van der Waals surface area contributed by atoms with Crippen LogP contribution in [0.15, 0.2) is 43.0 Å². The van der Waals surface area contributed by atoms with Crippen molar-refractivity contribution in [3.8, 4) is 5.75 Å². The Bertz CT molecular complexity index is 442. The predicted octanol–water partition coefficient (Wildman–Crippen LogP) is 1.57. The number of methoxy groups -OCH3 is 1. The maximum Gasteiger partial charge on any atom is 0.118 e. The molecule has 1 aromatic carbocycles. The van der Waals surface area contributed by atoms with Crippen molar-refractivity contribution in [3.63, 3.8) is 0 Å². The van der Waals surface area contributed by atoms with Crippen LogP contribution in [0, 0.1) is 0 Å². The van der Waals surface area contributed by atoms with Crippen LogP contribution in [-0.2, 0) is 0 Å². The maximum absolute atomic E-state index is 10.0. The number of hydrogen-bond acceptors (Lipinski definition) is 4. The molecule has 2 rings (SSSR count). The third-order valence-electron chi connectivity index (χ3n) is 2.33. The highest BCUT2D eigenvalue weighted by Gasteiger charge is 2.10. The molecule has 0 fully saturated rings. The lowest BCUT2D eigenvalue weighted by molar-refractivity contribution is 0.219. The van der Waals surface area contributed by atoms with Crippen molar-refractivity contribution in [2.24, 2.45) is 0 Å². The fourth-order valence-corrected chi connectivity index (χ4v) is 1.43. The summed E-state index contributed by atoms with van der Waals surface area (Å²) in [5.74, 6) is 0.764. The molecule has 0 saturated carbocycles. The molecule has 82 valence electrons. The van der Waals surface area contributed by atoms with E-state index in [0.717, 1.165) is 11.3 Å². The van der Waals surface area contributed by atoms with Gasteiger partial charge in [0.25, 0.3) is 0 Å². The minimum Gasteiger partial charge on any atom is -0.497 e. The molecule has 16 heavy (non-hydrogen) atoms. The number of hydrogen-bond donors (Lipinski definition) is 1. The molecule has 0 spiro atoms. The van der Waals surface area contributed by atoms with Crippen molar-refractivity contribution in [1.82, 2.24) is 9.97 Å². The molecule has 1 unspecified atom stereocenters. The molecule has 0 bridgehead atoms. The zero-order chi connectivity index (χ0) is 11.4. The van der Waals surface area contributed by atoms with Crippen LogP contribution in [0.3, 0.4) is 0 Å². The number of aliphatic hydroxyl groups excluding tert-OH is 1. The molecular weight excluding hydrogens is 204 g/mol. The van der Waals surface area contributed by atoms with Gasteiger partial charge in [-0.1, -0.05) is 12.1 Å². The first-order valence-electron chi connectivity index (χ1n) is 4.88. The van der Waals surface area contributed by atoms with Gasteiger partial charge in [-0.3, -0.25) is 0 Å². The van der Waals surface area contributed by atoms with Crippen molar-refractivity contribution in [2.75, 3.05) is 7.11 Å². The van der Waals surface area contributed by atoms with Crippen LogP contribution in [-0.4, -0.2) is 22.2 Å². The first-order valence-corrected chi connectivity index (χ1v) is 4.88. The van der Waals surface area contributed by atoms with Gasteiger partial charge < -0.3 is 9.84 Å².